The third-order valence-electron chi connectivity index (χ3n) is 2.99. The van der Waals surface area contributed by atoms with Crippen molar-refractivity contribution in [1.82, 2.24) is 10.0 Å². The summed E-state index contributed by atoms with van der Waals surface area (Å²) in [4.78, 5) is 10.9. The van der Waals surface area contributed by atoms with Gasteiger partial charge in [-0.1, -0.05) is 18.2 Å². The molecule has 1 unspecified atom stereocenters. The Balaban J connectivity index is 2.91. The lowest BCUT2D eigenvalue weighted by molar-refractivity contribution is -0.0437. The number of nitrogens with one attached hydrogen (secondary N) is 2. The van der Waals surface area contributed by atoms with E-state index < -0.39 is 53.6 Å². The highest BCUT2D eigenvalue weighted by Gasteiger charge is 2.38. The molecule has 0 aliphatic carbocycles. The molecule has 0 saturated carbocycles. The Morgan fingerprint density at radius 1 is 1.39 bits per heavy atom. The van der Waals surface area contributed by atoms with E-state index in [9.17, 15) is 22.5 Å². The van der Waals surface area contributed by atoms with Gasteiger partial charge in [0.05, 0.1) is 0 Å². The van der Waals surface area contributed by atoms with Crippen LogP contribution in [-0.2, 0) is 16.9 Å². The lowest BCUT2D eigenvalue weighted by Gasteiger charge is -2.30. The normalized spacial score (nSPS) is 15.7. The van der Waals surface area contributed by atoms with E-state index in [1.807, 2.05) is 4.72 Å². The fourth-order valence-electron chi connectivity index (χ4n) is 1.88. The second kappa shape index (κ2) is 7.86. The second-order valence-electron chi connectivity index (χ2n) is 5.07. The summed E-state index contributed by atoms with van der Waals surface area (Å²) in [5.74, 6) is -4.67. The minimum Gasteiger partial charge on any atom is -0.598 e. The van der Waals surface area contributed by atoms with Gasteiger partial charge in [-0.05, 0) is 13.0 Å². The third kappa shape index (κ3) is 5.90. The van der Waals surface area contributed by atoms with Crippen LogP contribution in [0.4, 0.5) is 18.0 Å². The van der Waals surface area contributed by atoms with Crippen LogP contribution >= 0.6 is 0 Å². The minimum atomic E-state index is -3.47. The maximum absolute atomic E-state index is 13.9. The van der Waals surface area contributed by atoms with Crippen molar-refractivity contribution in [2.75, 3.05) is 18.9 Å². The van der Waals surface area contributed by atoms with Crippen molar-refractivity contribution >= 4 is 17.5 Å². The topological polar surface area (TPSA) is 105 Å². The van der Waals surface area contributed by atoms with Gasteiger partial charge in [-0.2, -0.15) is 0 Å². The predicted molar refractivity (Wildman–Crippen MR) is 78.0 cm³/mol. The van der Waals surface area contributed by atoms with Crippen molar-refractivity contribution in [3.8, 4) is 0 Å². The number of aliphatic hydroxyl groups is 1. The van der Waals surface area contributed by atoms with Gasteiger partial charge in [0.25, 0.3) is 5.92 Å². The van der Waals surface area contributed by atoms with Gasteiger partial charge in [0.1, 0.15) is 24.5 Å². The number of hydrogen-bond acceptors (Lipinski definition) is 4. The van der Waals surface area contributed by atoms with Crippen LogP contribution in [0.25, 0.3) is 0 Å². The van der Waals surface area contributed by atoms with Crippen LogP contribution in [0.1, 0.15) is 12.5 Å². The fraction of sp³-hybridized carbons (Fsp3) is 0.462. The first-order valence-electron chi connectivity index (χ1n) is 6.46. The lowest BCUT2D eigenvalue weighted by Crippen LogP contribution is -2.51. The molecule has 0 saturated heterocycles. The van der Waals surface area contributed by atoms with E-state index in [1.54, 1.807) is 0 Å². The van der Waals surface area contributed by atoms with Gasteiger partial charge in [-0.25, -0.2) is 18.0 Å². The molecule has 0 aromatic heterocycles. The molecule has 1 rings (SSSR count). The maximum atomic E-state index is 13.9. The Morgan fingerprint density at radius 2 is 2.00 bits per heavy atom. The quantitative estimate of drug-likeness (QED) is 0.525. The first-order valence-corrected chi connectivity index (χ1v) is 7.78. The van der Waals surface area contributed by atoms with E-state index in [2.05, 4.69) is 5.32 Å². The number of carboxylic acid groups (broad SMARTS) is 1. The minimum absolute atomic E-state index is 0.0635. The zero-order valence-electron chi connectivity index (χ0n) is 12.2. The molecule has 1 aromatic carbocycles. The number of rotatable bonds is 8. The van der Waals surface area contributed by atoms with Crippen molar-refractivity contribution in [2.24, 2.45) is 0 Å². The van der Waals surface area contributed by atoms with Crippen LogP contribution < -0.4 is 10.0 Å². The number of aliphatic hydroxyl groups excluding tert-OH is 1. The van der Waals surface area contributed by atoms with E-state index in [1.165, 1.54) is 25.1 Å². The summed E-state index contributed by atoms with van der Waals surface area (Å²) in [7, 11) is 0. The van der Waals surface area contributed by atoms with E-state index in [4.69, 9.17) is 10.2 Å². The van der Waals surface area contributed by atoms with Crippen molar-refractivity contribution in [3.05, 3.63) is 35.6 Å². The lowest BCUT2D eigenvalue weighted by atomic mass is 9.94. The Hall–Kier alpha value is -1.49. The summed E-state index contributed by atoms with van der Waals surface area (Å²) >= 11 is -2.10. The zero-order chi connectivity index (χ0) is 17.7. The van der Waals surface area contributed by atoms with Crippen LogP contribution in [-0.4, -0.2) is 45.7 Å². The Labute approximate surface area is 134 Å². The molecule has 0 bridgehead atoms. The van der Waals surface area contributed by atoms with Gasteiger partial charge < -0.3 is 20.1 Å². The SMILES string of the molecule is C[C@@](C[S+]([O-])NCC(F)(F)CO)(NC(=O)O)c1ccccc1F. The molecule has 4 N–H and O–H groups in total. The van der Waals surface area contributed by atoms with Crippen LogP contribution in [0.2, 0.25) is 0 Å². The van der Waals surface area contributed by atoms with Gasteiger partial charge in [0.15, 0.2) is 5.75 Å². The summed E-state index contributed by atoms with van der Waals surface area (Å²) in [5, 5.41) is 19.4. The fourth-order valence-corrected chi connectivity index (χ4v) is 3.11. The number of amides is 1. The van der Waals surface area contributed by atoms with E-state index in [0.29, 0.717) is 0 Å². The number of halogens is 3. The van der Waals surface area contributed by atoms with Crippen LogP contribution in [0.5, 0.6) is 0 Å². The van der Waals surface area contributed by atoms with Gasteiger partial charge in [0.2, 0.25) is 0 Å². The van der Waals surface area contributed by atoms with Gasteiger partial charge in [-0.15, -0.1) is 4.72 Å². The van der Waals surface area contributed by atoms with E-state index >= 15 is 0 Å². The maximum Gasteiger partial charge on any atom is 0.405 e. The summed E-state index contributed by atoms with van der Waals surface area (Å²) in [6.45, 7) is -1.19. The first-order chi connectivity index (χ1) is 10.6. The van der Waals surface area contributed by atoms with E-state index in [0.717, 1.165) is 6.07 Å². The molecule has 0 spiro atoms. The molecule has 10 heteroatoms. The molecule has 0 fully saturated rings. The van der Waals surface area contributed by atoms with Gasteiger partial charge >= 0.3 is 6.09 Å². The average molecular weight is 354 g/mol. The predicted octanol–water partition coefficient (Wildman–Crippen LogP) is 1.19. The molecule has 0 aliphatic heterocycles. The monoisotopic (exact) mass is 354 g/mol. The highest BCUT2D eigenvalue weighted by Crippen LogP contribution is 2.25. The molecule has 0 heterocycles. The summed E-state index contributed by atoms with van der Waals surface area (Å²) in [6.07, 6.45) is -1.48. The van der Waals surface area contributed by atoms with Gasteiger partial charge in [-0.3, -0.25) is 0 Å². The molecule has 1 aromatic rings. The van der Waals surface area contributed by atoms with Crippen LogP contribution in [0.3, 0.4) is 0 Å². The molecular weight excluding hydrogens is 337 g/mol. The third-order valence-corrected chi connectivity index (χ3v) is 4.30. The molecule has 1 amide bonds. The zero-order valence-corrected chi connectivity index (χ0v) is 13.0. The Kier molecular flexibility index (Phi) is 6.69. The smallest absolute Gasteiger partial charge is 0.405 e. The largest absolute Gasteiger partial charge is 0.598 e. The molecule has 2 atom stereocenters. The molecule has 23 heavy (non-hydrogen) atoms. The first kappa shape index (κ1) is 19.6. The Bertz CT molecular complexity index is 550. The van der Waals surface area contributed by atoms with Crippen molar-refractivity contribution in [1.29, 1.82) is 0 Å². The number of alkyl halides is 2. The van der Waals surface area contributed by atoms with Crippen molar-refractivity contribution in [2.45, 2.75) is 18.4 Å². The standard InChI is InChI=1S/C13H17F3N2O4S/c1-12(18-11(20)21,9-4-2-3-5-10(9)14)8-23(22)17-6-13(15,16)7-19/h2-5,17-19H,6-8H2,1H3,(H,20,21)/t12-,23?/m0/s1. The average Bonchev–Trinajstić information content (AvgIpc) is 2.44. The summed E-state index contributed by atoms with van der Waals surface area (Å²) in [6, 6.07) is 5.28. The van der Waals surface area contributed by atoms with Crippen molar-refractivity contribution in [3.63, 3.8) is 0 Å². The second-order valence-corrected chi connectivity index (χ2v) is 6.34. The highest BCUT2D eigenvalue weighted by atomic mass is 32.2. The van der Waals surface area contributed by atoms with Crippen LogP contribution in [0.15, 0.2) is 24.3 Å². The Morgan fingerprint density at radius 3 is 2.52 bits per heavy atom. The number of hydrogen-bond donors (Lipinski definition) is 4. The van der Waals surface area contributed by atoms with Gasteiger partial charge in [0, 0.05) is 16.9 Å². The number of benzene rings is 1. The molecule has 130 valence electrons. The summed E-state index contributed by atoms with van der Waals surface area (Å²) < 4.78 is 53.7. The number of carbonyl (C=O) groups is 1. The molecule has 0 aliphatic rings. The van der Waals surface area contributed by atoms with Crippen molar-refractivity contribution < 1.29 is 32.7 Å². The highest BCUT2D eigenvalue weighted by molar-refractivity contribution is 7.89. The van der Waals surface area contributed by atoms with Crippen LogP contribution in [0, 0.1) is 5.82 Å². The molecular formula is C13H17F3N2O4S. The molecule has 6 nitrogen and oxygen atoms in total. The molecule has 0 radical (unpaired) electrons. The van der Waals surface area contributed by atoms with E-state index in [-0.39, 0.29) is 5.56 Å². The summed E-state index contributed by atoms with van der Waals surface area (Å²) in [5.41, 5.74) is -1.66.